The van der Waals surface area contributed by atoms with Gasteiger partial charge < -0.3 is 9.84 Å². The van der Waals surface area contributed by atoms with Crippen molar-refractivity contribution in [1.82, 2.24) is 4.98 Å². The summed E-state index contributed by atoms with van der Waals surface area (Å²) in [6, 6.07) is 8.78. The number of carbonyl (C=O) groups is 1. The maximum absolute atomic E-state index is 13.1. The Kier molecular flexibility index (Phi) is 6.02. The Balaban J connectivity index is 1.40. The van der Waals surface area contributed by atoms with E-state index < -0.39 is 17.3 Å². The fourth-order valence-corrected chi connectivity index (χ4v) is 6.69. The molecule has 1 saturated heterocycles. The molecule has 3 fully saturated rings. The fourth-order valence-electron chi connectivity index (χ4n) is 6.69. The average molecular weight is 486 g/mol. The number of allylic oxidation sites excluding steroid dienone is 1. The van der Waals surface area contributed by atoms with E-state index >= 15 is 0 Å². The van der Waals surface area contributed by atoms with E-state index in [0.29, 0.717) is 23.2 Å². The molecule has 1 aromatic heterocycles. The van der Waals surface area contributed by atoms with Crippen LogP contribution in [0, 0.1) is 29.6 Å². The molecule has 4 unspecified atom stereocenters. The van der Waals surface area contributed by atoms with Gasteiger partial charge in [-0.15, -0.1) is 0 Å². The summed E-state index contributed by atoms with van der Waals surface area (Å²) in [7, 11) is 0. The van der Waals surface area contributed by atoms with Gasteiger partial charge in [-0.1, -0.05) is 30.7 Å². The van der Waals surface area contributed by atoms with Crippen molar-refractivity contribution in [3.63, 3.8) is 0 Å². The quantitative estimate of drug-likeness (QED) is 0.530. The molecule has 2 aliphatic carbocycles. The fraction of sp³-hybridized carbons (Fsp3) is 0.500. The first-order valence-electron chi connectivity index (χ1n) is 12.3. The highest BCUT2D eigenvalue weighted by atomic mass is 19.4. The summed E-state index contributed by atoms with van der Waals surface area (Å²) in [4.78, 5) is 17.0. The molecule has 2 aromatic rings. The summed E-state index contributed by atoms with van der Waals surface area (Å²) in [5, 5.41) is 11.1. The molecule has 5 rings (SSSR count). The Morgan fingerprint density at radius 1 is 1.20 bits per heavy atom. The van der Waals surface area contributed by atoms with Crippen molar-refractivity contribution in [2.24, 2.45) is 29.6 Å². The van der Waals surface area contributed by atoms with Crippen molar-refractivity contribution < 1.29 is 27.8 Å². The molecule has 2 heterocycles. The maximum atomic E-state index is 13.1. The summed E-state index contributed by atoms with van der Waals surface area (Å²) in [6.07, 6.45) is 4.41. The monoisotopic (exact) mass is 485 g/mol. The normalized spacial score (nSPS) is 35.0. The molecule has 186 valence electrons. The minimum absolute atomic E-state index is 0.0428. The van der Waals surface area contributed by atoms with Gasteiger partial charge in [0.15, 0.2) is 0 Å². The zero-order valence-electron chi connectivity index (χ0n) is 19.8. The number of alkyl halides is 3. The molecule has 3 aliphatic rings. The Hall–Kier alpha value is -2.67. The number of benzene rings is 1. The van der Waals surface area contributed by atoms with Crippen molar-refractivity contribution in [1.29, 1.82) is 0 Å². The summed E-state index contributed by atoms with van der Waals surface area (Å²) in [6.45, 7) is 3.84. The highest BCUT2D eigenvalue weighted by molar-refractivity contribution is 5.75. The number of esters is 1. The Labute approximate surface area is 203 Å². The lowest BCUT2D eigenvalue weighted by atomic mass is 9.54. The number of rotatable bonds is 3. The van der Waals surface area contributed by atoms with Crippen molar-refractivity contribution in [2.45, 2.75) is 57.4 Å². The minimum Gasteiger partial charge on any atom is -0.462 e. The second-order valence-electron chi connectivity index (χ2n) is 10.6. The van der Waals surface area contributed by atoms with Crippen LogP contribution in [0.25, 0.3) is 17.2 Å². The van der Waals surface area contributed by atoms with Gasteiger partial charge >= 0.3 is 12.1 Å². The molecule has 7 heteroatoms. The van der Waals surface area contributed by atoms with E-state index in [-0.39, 0.29) is 41.7 Å². The SMILES string of the molecule is C[C@H]1OC(=O)C2CC3C(CCC[C@@]3(C)O)[C@H](C=Cc3ccc(-c4cccc(C(F)(F)F)c4)cn3)C21. The first-order chi connectivity index (χ1) is 16.5. The molecular weight excluding hydrogens is 455 g/mol. The van der Waals surface area contributed by atoms with E-state index in [1.54, 1.807) is 24.4 Å². The number of carbonyl (C=O) groups excluding carboxylic acids is 1. The molecule has 0 spiro atoms. The van der Waals surface area contributed by atoms with Crippen LogP contribution in [0.1, 0.15) is 50.8 Å². The molecular formula is C28H30F3NO3. The van der Waals surface area contributed by atoms with Gasteiger partial charge in [-0.3, -0.25) is 9.78 Å². The highest BCUT2D eigenvalue weighted by Crippen LogP contribution is 2.56. The van der Waals surface area contributed by atoms with E-state index in [4.69, 9.17) is 4.74 Å². The van der Waals surface area contributed by atoms with Crippen LogP contribution in [-0.4, -0.2) is 27.8 Å². The Morgan fingerprint density at radius 2 is 2.00 bits per heavy atom. The maximum Gasteiger partial charge on any atom is 0.416 e. The number of hydrogen-bond acceptors (Lipinski definition) is 4. The van der Waals surface area contributed by atoms with Crippen molar-refractivity contribution in [3.05, 3.63) is 59.9 Å². The van der Waals surface area contributed by atoms with Crippen molar-refractivity contribution in [2.75, 3.05) is 0 Å². The summed E-state index contributed by atoms with van der Waals surface area (Å²) in [5.41, 5.74) is 0.279. The van der Waals surface area contributed by atoms with Crippen LogP contribution in [0.2, 0.25) is 0 Å². The number of cyclic esters (lactones) is 1. The van der Waals surface area contributed by atoms with Crippen LogP contribution in [0.15, 0.2) is 48.7 Å². The number of fused-ring (bicyclic) bond motifs is 2. The first-order valence-corrected chi connectivity index (χ1v) is 12.3. The smallest absolute Gasteiger partial charge is 0.416 e. The lowest BCUT2D eigenvalue weighted by Gasteiger charge is -2.51. The lowest BCUT2D eigenvalue weighted by Crippen LogP contribution is -2.52. The third-order valence-electron chi connectivity index (χ3n) is 8.39. The Bertz CT molecular complexity index is 1130. The van der Waals surface area contributed by atoms with E-state index in [0.717, 1.165) is 31.4 Å². The van der Waals surface area contributed by atoms with Gasteiger partial charge in [-0.05, 0) is 80.7 Å². The molecule has 0 bridgehead atoms. The number of nitrogens with zero attached hydrogens (tertiary/aromatic N) is 1. The molecule has 4 nitrogen and oxygen atoms in total. The van der Waals surface area contributed by atoms with Gasteiger partial charge in [0.2, 0.25) is 0 Å². The number of hydrogen-bond donors (Lipinski definition) is 1. The molecule has 1 N–H and O–H groups in total. The highest BCUT2D eigenvalue weighted by Gasteiger charge is 2.57. The zero-order valence-corrected chi connectivity index (χ0v) is 19.8. The van der Waals surface area contributed by atoms with Gasteiger partial charge in [-0.2, -0.15) is 13.2 Å². The van der Waals surface area contributed by atoms with E-state index in [9.17, 15) is 23.1 Å². The third-order valence-corrected chi connectivity index (χ3v) is 8.39. The van der Waals surface area contributed by atoms with Crippen LogP contribution >= 0.6 is 0 Å². The van der Waals surface area contributed by atoms with Gasteiger partial charge in [0, 0.05) is 17.7 Å². The number of pyridine rings is 1. The average Bonchev–Trinajstić information content (AvgIpc) is 3.10. The van der Waals surface area contributed by atoms with Crippen molar-refractivity contribution in [3.8, 4) is 11.1 Å². The van der Waals surface area contributed by atoms with E-state index in [2.05, 4.69) is 11.1 Å². The zero-order chi connectivity index (χ0) is 25.0. The van der Waals surface area contributed by atoms with Crippen LogP contribution in [0.5, 0.6) is 0 Å². The Morgan fingerprint density at radius 3 is 2.71 bits per heavy atom. The third kappa shape index (κ3) is 4.51. The topological polar surface area (TPSA) is 59.4 Å². The standard InChI is InChI=1S/C28H30F3NO3/c1-16-25-22(21-7-4-12-27(2,34)24(21)14-23(25)26(33)35-16)11-10-20-9-8-18(15-32-20)17-5-3-6-19(13-17)28(29,30)31/h3,5-6,8-11,13,15-16,21-25,34H,4,7,12,14H2,1-2H3/t16-,21?,22+,23?,24?,25?,27-/m1/s1. The van der Waals surface area contributed by atoms with Crippen LogP contribution in [0.3, 0.4) is 0 Å². The molecule has 2 saturated carbocycles. The number of aromatic nitrogens is 1. The van der Waals surface area contributed by atoms with E-state index in [1.165, 1.54) is 6.07 Å². The van der Waals surface area contributed by atoms with Gasteiger partial charge in [0.25, 0.3) is 0 Å². The molecule has 1 aromatic carbocycles. The second kappa shape index (κ2) is 8.77. The lowest BCUT2D eigenvalue weighted by molar-refractivity contribution is -0.146. The molecule has 0 radical (unpaired) electrons. The van der Waals surface area contributed by atoms with Gasteiger partial charge in [-0.25, -0.2) is 0 Å². The predicted octanol–water partition coefficient (Wildman–Crippen LogP) is 6.15. The van der Waals surface area contributed by atoms with E-state index in [1.807, 2.05) is 19.9 Å². The molecule has 7 atom stereocenters. The summed E-state index contributed by atoms with van der Waals surface area (Å²) >= 11 is 0. The molecule has 35 heavy (non-hydrogen) atoms. The van der Waals surface area contributed by atoms with Crippen LogP contribution in [0.4, 0.5) is 13.2 Å². The molecule has 0 amide bonds. The van der Waals surface area contributed by atoms with Gasteiger partial charge in [0.1, 0.15) is 6.10 Å². The van der Waals surface area contributed by atoms with Crippen LogP contribution in [-0.2, 0) is 15.7 Å². The number of aliphatic hydroxyl groups is 1. The van der Waals surface area contributed by atoms with Crippen molar-refractivity contribution >= 4 is 12.0 Å². The van der Waals surface area contributed by atoms with Gasteiger partial charge in [0.05, 0.1) is 22.8 Å². The first kappa shape index (κ1) is 24.0. The largest absolute Gasteiger partial charge is 0.462 e. The summed E-state index contributed by atoms with van der Waals surface area (Å²) in [5.74, 6) is 0.0834. The predicted molar refractivity (Wildman–Crippen MR) is 126 cm³/mol. The molecule has 1 aliphatic heterocycles. The van der Waals surface area contributed by atoms with Crippen LogP contribution < -0.4 is 0 Å². The number of halogens is 3. The summed E-state index contributed by atoms with van der Waals surface area (Å²) < 4.78 is 44.8. The number of ether oxygens (including phenoxy) is 1. The minimum atomic E-state index is -4.39. The second-order valence-corrected chi connectivity index (χ2v) is 10.6.